The van der Waals surface area contributed by atoms with Gasteiger partial charge in [0.05, 0.1) is 0 Å². The smallest absolute Gasteiger partial charge is 0.303 e. The molecule has 0 aromatic heterocycles. The van der Waals surface area contributed by atoms with Crippen molar-refractivity contribution in [3.8, 4) is 0 Å². The van der Waals surface area contributed by atoms with E-state index in [4.69, 9.17) is 5.11 Å². The maximum absolute atomic E-state index is 9.37. The average Bonchev–Trinajstić information content (AvgIpc) is 1.65. The molecule has 0 atom stereocenters. The number of carboxylic acids is 1. The second-order valence-electron chi connectivity index (χ2n) is 2.48. The topological polar surface area (TPSA) is 37.3 Å². The van der Waals surface area contributed by atoms with Crippen molar-refractivity contribution >= 4 is 14.8 Å². The van der Waals surface area contributed by atoms with Gasteiger partial charge in [-0.3, -0.25) is 4.79 Å². The van der Waals surface area contributed by atoms with Crippen LogP contribution in [0.25, 0.3) is 0 Å². The first-order valence-electron chi connectivity index (χ1n) is 3.22. The van der Waals surface area contributed by atoms with E-state index in [2.05, 4.69) is 19.6 Å². The Bertz CT molecular complexity index is 68.7. The molecule has 0 saturated carbocycles. The summed E-state index contributed by atoms with van der Waals surface area (Å²) < 4.78 is 0. The molecule has 9 heavy (non-hydrogen) atoms. The van der Waals surface area contributed by atoms with Crippen LogP contribution in [-0.4, -0.2) is 19.9 Å². The van der Waals surface area contributed by atoms with Crippen LogP contribution in [0.5, 0.6) is 0 Å². The van der Waals surface area contributed by atoms with Crippen LogP contribution in [0, 0.1) is 0 Å². The monoisotopic (exact) mass is 148 g/mol. The fraction of sp³-hybridized carbons (Fsp3) is 0.833. The number of aliphatic carboxylic acids is 1. The quantitative estimate of drug-likeness (QED) is 0.573. The summed E-state index contributed by atoms with van der Waals surface area (Å²) in [5, 5.41) is 7.72. The first kappa shape index (κ1) is 11.5. The maximum Gasteiger partial charge on any atom is 0.303 e. The third kappa shape index (κ3) is 87.4. The summed E-state index contributed by atoms with van der Waals surface area (Å²) >= 11 is 0. The van der Waals surface area contributed by atoms with Gasteiger partial charge < -0.3 is 5.11 Å². The zero-order valence-electron chi connectivity index (χ0n) is 6.64. The van der Waals surface area contributed by atoms with Gasteiger partial charge in [0, 0.05) is 15.2 Å². The van der Waals surface area contributed by atoms with E-state index >= 15 is 0 Å². The molecule has 0 aromatic rings. The normalized spacial score (nSPS) is 8.11. The van der Waals surface area contributed by atoms with Gasteiger partial charge in [0.25, 0.3) is 0 Å². The Labute approximate surface area is 58.5 Å². The van der Waals surface area contributed by atoms with Crippen LogP contribution in [0.4, 0.5) is 0 Å². The summed E-state index contributed by atoms with van der Waals surface area (Å²) in [5.41, 5.74) is 0. The predicted octanol–water partition coefficient (Wildman–Crippen LogP) is 1.58. The zero-order chi connectivity index (χ0) is 7.86. The Hall–Kier alpha value is -0.313. The largest absolute Gasteiger partial charge is 0.481 e. The molecule has 1 N–H and O–H groups in total. The van der Waals surface area contributed by atoms with E-state index in [0.29, 0.717) is 0 Å². The van der Waals surface area contributed by atoms with Crippen LogP contribution >= 0.6 is 0 Å². The van der Waals surface area contributed by atoms with Crippen LogP contribution in [0.15, 0.2) is 0 Å². The number of hydrogen-bond donors (Lipinski definition) is 1. The van der Waals surface area contributed by atoms with Crippen LogP contribution in [0.1, 0.15) is 13.3 Å². The summed E-state index contributed by atoms with van der Waals surface area (Å²) in [6.45, 7) is 8.52. The Kier molecular flexibility index (Phi) is 9.80. The molecule has 0 aliphatic rings. The first-order valence-corrected chi connectivity index (χ1v) is 6.68. The van der Waals surface area contributed by atoms with E-state index in [-0.39, 0.29) is 15.2 Å². The summed E-state index contributed by atoms with van der Waals surface area (Å²) in [6, 6.07) is 0. The van der Waals surface area contributed by atoms with Gasteiger partial charge in [-0.1, -0.05) is 26.6 Å². The molecule has 0 fully saturated rings. The molecular formula is C6H16O2Si. The molecule has 0 aromatic carbocycles. The number of hydrogen-bond acceptors (Lipinski definition) is 1. The Morgan fingerprint density at radius 3 is 1.56 bits per heavy atom. The highest BCUT2D eigenvalue weighted by molar-refractivity contribution is 6.54. The molecule has 56 valence electrons. The molecule has 0 radical (unpaired) electrons. The Morgan fingerprint density at radius 1 is 1.44 bits per heavy atom. The van der Waals surface area contributed by atoms with Crippen molar-refractivity contribution in [1.82, 2.24) is 0 Å². The predicted molar refractivity (Wildman–Crippen MR) is 42.7 cm³/mol. The fourth-order valence-electron chi connectivity index (χ4n) is 0. The number of carbonyl (C=O) groups is 1. The van der Waals surface area contributed by atoms with Crippen molar-refractivity contribution in [3.05, 3.63) is 0 Å². The van der Waals surface area contributed by atoms with Crippen LogP contribution in [0.2, 0.25) is 19.6 Å². The van der Waals surface area contributed by atoms with Crippen molar-refractivity contribution in [2.24, 2.45) is 0 Å². The molecule has 0 spiro atoms. The first-order chi connectivity index (χ1) is 4.00. The van der Waals surface area contributed by atoms with E-state index in [1.165, 1.54) is 0 Å². The minimum atomic E-state index is -0.745. The van der Waals surface area contributed by atoms with E-state index in [1.807, 2.05) is 0 Å². The van der Waals surface area contributed by atoms with Gasteiger partial charge in [-0.2, -0.15) is 0 Å². The van der Waals surface area contributed by atoms with Gasteiger partial charge in [0.1, 0.15) is 0 Å². The highest BCUT2D eigenvalue weighted by atomic mass is 28.3. The lowest BCUT2D eigenvalue weighted by molar-refractivity contribution is -0.136. The minimum Gasteiger partial charge on any atom is -0.481 e. The van der Waals surface area contributed by atoms with Crippen LogP contribution < -0.4 is 0 Å². The van der Waals surface area contributed by atoms with Crippen molar-refractivity contribution in [2.75, 3.05) is 0 Å². The van der Waals surface area contributed by atoms with Crippen molar-refractivity contribution in [3.63, 3.8) is 0 Å². The van der Waals surface area contributed by atoms with Gasteiger partial charge in [0.2, 0.25) is 0 Å². The fourth-order valence-corrected chi connectivity index (χ4v) is 0. The van der Waals surface area contributed by atoms with E-state index in [1.54, 1.807) is 6.92 Å². The molecule has 0 saturated heterocycles. The van der Waals surface area contributed by atoms with E-state index < -0.39 is 5.97 Å². The molecule has 0 amide bonds. The van der Waals surface area contributed by atoms with E-state index in [9.17, 15) is 4.79 Å². The number of carboxylic acid groups (broad SMARTS) is 1. The maximum atomic E-state index is 9.37. The lowest BCUT2D eigenvalue weighted by Gasteiger charge is -1.75. The SMILES string of the molecule is CCC(=O)O.C[SiH](C)C. The molecule has 0 unspecified atom stereocenters. The van der Waals surface area contributed by atoms with Crippen LogP contribution in [0.3, 0.4) is 0 Å². The standard InChI is InChI=1S/C3H6O2.C3H10Si/c1-2-3(4)5;1-4(2)3/h2H2,1H3,(H,4,5);4H,1-3H3. The van der Waals surface area contributed by atoms with Gasteiger partial charge in [-0.15, -0.1) is 0 Å². The van der Waals surface area contributed by atoms with Crippen LogP contribution in [-0.2, 0) is 4.79 Å². The molecule has 2 nitrogen and oxygen atoms in total. The molecule has 0 heterocycles. The summed E-state index contributed by atoms with van der Waals surface area (Å²) in [7, 11) is -0.139. The number of rotatable bonds is 1. The van der Waals surface area contributed by atoms with E-state index in [0.717, 1.165) is 0 Å². The van der Waals surface area contributed by atoms with Gasteiger partial charge in [0.15, 0.2) is 0 Å². The third-order valence-electron chi connectivity index (χ3n) is 0.302. The van der Waals surface area contributed by atoms with Crippen molar-refractivity contribution in [2.45, 2.75) is 33.0 Å². The Balaban J connectivity index is 0. The molecule has 0 rings (SSSR count). The molecule has 0 aliphatic carbocycles. The van der Waals surface area contributed by atoms with Crippen molar-refractivity contribution in [1.29, 1.82) is 0 Å². The Morgan fingerprint density at radius 2 is 1.56 bits per heavy atom. The van der Waals surface area contributed by atoms with Gasteiger partial charge in [-0.25, -0.2) is 0 Å². The highest BCUT2D eigenvalue weighted by Crippen LogP contribution is 1.68. The summed E-state index contributed by atoms with van der Waals surface area (Å²) in [6.07, 6.45) is 0.222. The average molecular weight is 148 g/mol. The lowest BCUT2D eigenvalue weighted by atomic mass is 10.5. The van der Waals surface area contributed by atoms with Gasteiger partial charge in [-0.05, 0) is 0 Å². The summed E-state index contributed by atoms with van der Waals surface area (Å²) in [4.78, 5) is 9.37. The highest BCUT2D eigenvalue weighted by Gasteiger charge is 1.80. The lowest BCUT2D eigenvalue weighted by Crippen LogP contribution is -1.86. The third-order valence-corrected chi connectivity index (χ3v) is 0.302. The second-order valence-corrected chi connectivity index (χ2v) is 5.94. The van der Waals surface area contributed by atoms with Gasteiger partial charge >= 0.3 is 5.97 Å². The molecule has 0 aliphatic heterocycles. The second kappa shape index (κ2) is 7.69. The minimum absolute atomic E-state index is 0.139. The zero-order valence-corrected chi connectivity index (χ0v) is 7.79. The molecular weight excluding hydrogens is 132 g/mol. The summed E-state index contributed by atoms with van der Waals surface area (Å²) in [5.74, 6) is -0.745. The molecule has 3 heteroatoms. The molecule has 0 bridgehead atoms. The van der Waals surface area contributed by atoms with Crippen molar-refractivity contribution < 1.29 is 9.90 Å².